The van der Waals surface area contributed by atoms with Crippen LogP contribution < -0.4 is 10.6 Å². The van der Waals surface area contributed by atoms with Crippen LogP contribution in [0.25, 0.3) is 0 Å². The Hall–Kier alpha value is -2.22. The Balaban J connectivity index is 1.47. The summed E-state index contributed by atoms with van der Waals surface area (Å²) in [5, 5.41) is 6.63. The van der Waals surface area contributed by atoms with Gasteiger partial charge in [-0.15, -0.1) is 0 Å². The maximum atomic E-state index is 12.1. The molecule has 0 atom stereocenters. The number of benzene rings is 1. The summed E-state index contributed by atoms with van der Waals surface area (Å²) in [6.45, 7) is 4.69. The summed E-state index contributed by atoms with van der Waals surface area (Å²) in [6, 6.07) is 7.26. The van der Waals surface area contributed by atoms with E-state index in [4.69, 9.17) is 16.3 Å². The van der Waals surface area contributed by atoms with Gasteiger partial charge in [0.15, 0.2) is 0 Å². The van der Waals surface area contributed by atoms with E-state index in [0.29, 0.717) is 23.1 Å². The van der Waals surface area contributed by atoms with E-state index in [2.05, 4.69) is 25.5 Å². The monoisotopic (exact) mass is 361 g/mol. The molecule has 1 aliphatic heterocycles. The summed E-state index contributed by atoms with van der Waals surface area (Å²) in [6.07, 6.45) is 2.99. The number of carbonyl (C=O) groups is 1. The first-order chi connectivity index (χ1) is 12.2. The van der Waals surface area contributed by atoms with Gasteiger partial charge in [-0.1, -0.05) is 11.6 Å². The van der Waals surface area contributed by atoms with Crippen molar-refractivity contribution in [2.24, 2.45) is 0 Å². The lowest BCUT2D eigenvalue weighted by Crippen LogP contribution is -2.41. The number of nitrogens with one attached hydrogen (secondary N) is 2. The zero-order chi connectivity index (χ0) is 17.5. The summed E-state index contributed by atoms with van der Waals surface area (Å²) < 4.78 is 5.30. The number of hydrogen-bond donors (Lipinski definition) is 2. The molecule has 1 aliphatic rings. The second-order valence-corrected chi connectivity index (χ2v) is 6.07. The van der Waals surface area contributed by atoms with Crippen molar-refractivity contribution >= 4 is 29.0 Å². The van der Waals surface area contributed by atoms with Crippen LogP contribution in [0, 0.1) is 0 Å². The number of nitrogens with zero attached hydrogens (tertiary/aromatic N) is 3. The predicted molar refractivity (Wildman–Crippen MR) is 96.4 cm³/mol. The van der Waals surface area contributed by atoms with Crippen LogP contribution in [0.1, 0.15) is 10.5 Å². The number of hydrogen-bond acceptors (Lipinski definition) is 6. The Morgan fingerprint density at radius 1 is 1.16 bits per heavy atom. The van der Waals surface area contributed by atoms with Gasteiger partial charge in [0, 0.05) is 36.9 Å². The van der Waals surface area contributed by atoms with Crippen LogP contribution >= 0.6 is 11.6 Å². The van der Waals surface area contributed by atoms with Gasteiger partial charge in [-0.3, -0.25) is 9.69 Å². The number of aromatic nitrogens is 2. The summed E-state index contributed by atoms with van der Waals surface area (Å²) in [7, 11) is 0. The molecule has 25 heavy (non-hydrogen) atoms. The van der Waals surface area contributed by atoms with Crippen molar-refractivity contribution in [3.63, 3.8) is 0 Å². The smallest absolute Gasteiger partial charge is 0.271 e. The molecule has 0 aliphatic carbocycles. The third-order valence-electron chi connectivity index (χ3n) is 3.82. The lowest BCUT2D eigenvalue weighted by Gasteiger charge is -2.26. The molecule has 1 fully saturated rings. The van der Waals surface area contributed by atoms with Crippen LogP contribution in [-0.2, 0) is 4.74 Å². The molecular formula is C17H20ClN5O2. The molecule has 2 N–H and O–H groups in total. The molecule has 1 aromatic heterocycles. The maximum Gasteiger partial charge on any atom is 0.271 e. The highest BCUT2D eigenvalue weighted by atomic mass is 35.5. The molecule has 0 radical (unpaired) electrons. The van der Waals surface area contributed by atoms with Crippen molar-refractivity contribution in [3.05, 3.63) is 47.4 Å². The standard InChI is InChI=1S/C17H20ClN5O2/c18-13-1-3-14(4-2-13)22-16-12-20-15(11-21-16)17(24)19-5-6-23-7-9-25-10-8-23/h1-4,11-12H,5-10H2,(H,19,24)(H,21,22). The molecule has 2 aromatic rings. The second-order valence-electron chi connectivity index (χ2n) is 5.63. The Kier molecular flexibility index (Phi) is 6.16. The third-order valence-corrected chi connectivity index (χ3v) is 4.07. The first kappa shape index (κ1) is 17.6. The fraction of sp³-hybridized carbons (Fsp3) is 0.353. The number of ether oxygens (including phenoxy) is 1. The Bertz CT molecular complexity index is 687. The molecule has 2 heterocycles. The quantitative estimate of drug-likeness (QED) is 0.818. The van der Waals surface area contributed by atoms with Gasteiger partial charge in [-0.2, -0.15) is 0 Å². The van der Waals surface area contributed by atoms with Crippen LogP contribution in [0.2, 0.25) is 5.02 Å². The number of anilines is 2. The number of halogens is 1. The first-order valence-electron chi connectivity index (χ1n) is 8.14. The minimum atomic E-state index is -0.223. The second kappa shape index (κ2) is 8.75. The van der Waals surface area contributed by atoms with E-state index in [-0.39, 0.29) is 5.91 Å². The van der Waals surface area contributed by atoms with Crippen LogP contribution in [0.4, 0.5) is 11.5 Å². The molecule has 0 unspecified atom stereocenters. The van der Waals surface area contributed by atoms with Crippen molar-refractivity contribution in [3.8, 4) is 0 Å². The predicted octanol–water partition coefficient (Wildman–Crippen LogP) is 1.94. The first-order valence-corrected chi connectivity index (χ1v) is 8.51. The molecule has 0 saturated carbocycles. The Labute approximate surface area is 151 Å². The number of morpholine rings is 1. The van der Waals surface area contributed by atoms with Crippen molar-refractivity contribution in [1.82, 2.24) is 20.2 Å². The average Bonchev–Trinajstić information content (AvgIpc) is 2.65. The molecule has 3 rings (SSSR count). The van der Waals surface area contributed by atoms with Crippen LogP contribution in [-0.4, -0.2) is 60.2 Å². The highest BCUT2D eigenvalue weighted by molar-refractivity contribution is 6.30. The minimum Gasteiger partial charge on any atom is -0.379 e. The molecule has 0 bridgehead atoms. The van der Waals surface area contributed by atoms with Crippen molar-refractivity contribution in [1.29, 1.82) is 0 Å². The lowest BCUT2D eigenvalue weighted by molar-refractivity contribution is 0.0383. The largest absolute Gasteiger partial charge is 0.379 e. The number of carbonyl (C=O) groups excluding carboxylic acids is 1. The Morgan fingerprint density at radius 2 is 1.92 bits per heavy atom. The van der Waals surface area contributed by atoms with Gasteiger partial charge in [0.25, 0.3) is 5.91 Å². The van der Waals surface area contributed by atoms with Crippen LogP contribution in [0.15, 0.2) is 36.7 Å². The molecule has 8 heteroatoms. The highest BCUT2D eigenvalue weighted by Crippen LogP contribution is 2.16. The third kappa shape index (κ3) is 5.38. The number of amides is 1. The van der Waals surface area contributed by atoms with Gasteiger partial charge >= 0.3 is 0 Å². The molecular weight excluding hydrogens is 342 g/mol. The molecule has 1 aromatic carbocycles. The SMILES string of the molecule is O=C(NCCN1CCOCC1)c1cnc(Nc2ccc(Cl)cc2)cn1. The number of rotatable bonds is 6. The van der Waals surface area contributed by atoms with E-state index >= 15 is 0 Å². The van der Waals surface area contributed by atoms with Gasteiger partial charge < -0.3 is 15.4 Å². The van der Waals surface area contributed by atoms with Crippen molar-refractivity contribution < 1.29 is 9.53 Å². The Morgan fingerprint density at radius 3 is 2.60 bits per heavy atom. The molecule has 7 nitrogen and oxygen atoms in total. The van der Waals surface area contributed by atoms with E-state index in [9.17, 15) is 4.79 Å². The van der Waals surface area contributed by atoms with Crippen molar-refractivity contribution in [2.75, 3.05) is 44.7 Å². The zero-order valence-electron chi connectivity index (χ0n) is 13.7. The molecule has 132 valence electrons. The average molecular weight is 362 g/mol. The van der Waals surface area contributed by atoms with Crippen molar-refractivity contribution in [2.45, 2.75) is 0 Å². The summed E-state index contributed by atoms with van der Waals surface area (Å²) in [5.74, 6) is 0.339. The van der Waals surface area contributed by atoms with Gasteiger partial charge in [-0.25, -0.2) is 9.97 Å². The van der Waals surface area contributed by atoms with E-state index in [1.54, 1.807) is 12.1 Å². The van der Waals surface area contributed by atoms with Gasteiger partial charge in [-0.05, 0) is 24.3 Å². The molecule has 1 saturated heterocycles. The zero-order valence-corrected chi connectivity index (χ0v) is 14.5. The van der Waals surface area contributed by atoms with Gasteiger partial charge in [0.1, 0.15) is 11.5 Å². The van der Waals surface area contributed by atoms with E-state index in [0.717, 1.165) is 38.5 Å². The maximum absolute atomic E-state index is 12.1. The minimum absolute atomic E-state index is 0.223. The molecule has 0 spiro atoms. The van der Waals surface area contributed by atoms with E-state index < -0.39 is 0 Å². The molecule has 1 amide bonds. The van der Waals surface area contributed by atoms with E-state index in [1.165, 1.54) is 12.4 Å². The normalized spacial score (nSPS) is 14.9. The van der Waals surface area contributed by atoms with Gasteiger partial charge in [0.05, 0.1) is 25.6 Å². The van der Waals surface area contributed by atoms with E-state index in [1.807, 2.05) is 12.1 Å². The fourth-order valence-corrected chi connectivity index (χ4v) is 2.56. The summed E-state index contributed by atoms with van der Waals surface area (Å²) in [4.78, 5) is 22.7. The highest BCUT2D eigenvalue weighted by Gasteiger charge is 2.11. The summed E-state index contributed by atoms with van der Waals surface area (Å²) in [5.41, 5.74) is 1.14. The van der Waals surface area contributed by atoms with Crippen LogP contribution in [0.3, 0.4) is 0 Å². The lowest BCUT2D eigenvalue weighted by atomic mass is 10.3. The topological polar surface area (TPSA) is 79.4 Å². The summed E-state index contributed by atoms with van der Waals surface area (Å²) >= 11 is 5.85. The van der Waals surface area contributed by atoms with Gasteiger partial charge in [0.2, 0.25) is 0 Å². The fourth-order valence-electron chi connectivity index (χ4n) is 2.43. The van der Waals surface area contributed by atoms with Crippen LogP contribution in [0.5, 0.6) is 0 Å².